The van der Waals surface area contributed by atoms with E-state index in [1.165, 1.54) is 0 Å². The highest BCUT2D eigenvalue weighted by molar-refractivity contribution is 7.98. The van der Waals surface area contributed by atoms with Gasteiger partial charge in [-0.2, -0.15) is 11.8 Å². The van der Waals surface area contributed by atoms with Crippen LogP contribution >= 0.6 is 24.2 Å². The third-order valence-corrected chi connectivity index (χ3v) is 2.76. The Hall–Kier alpha value is -0.790. The van der Waals surface area contributed by atoms with Crippen LogP contribution < -0.4 is 11.1 Å². The summed E-state index contributed by atoms with van der Waals surface area (Å²) >= 11 is 1.56. The van der Waals surface area contributed by atoms with Crippen molar-refractivity contribution in [3.8, 4) is 0 Å². The number of hydrogen-bond acceptors (Lipinski definition) is 6. The molecule has 1 unspecified atom stereocenters. The van der Waals surface area contributed by atoms with Gasteiger partial charge in [-0.25, -0.2) is 0 Å². The standard InChI is InChI=1S/C11H20N2O4S.ClH/c1-3-17-9(14)4-6-13-11(16)10(15)8(12)5-7-18-2;/h8H,3-7,12H2,1-2H3,(H,13,16);1H. The number of hydrogen-bond donors (Lipinski definition) is 2. The minimum Gasteiger partial charge on any atom is -0.466 e. The van der Waals surface area contributed by atoms with E-state index in [0.717, 1.165) is 5.75 Å². The van der Waals surface area contributed by atoms with Crippen molar-refractivity contribution in [2.24, 2.45) is 5.73 Å². The van der Waals surface area contributed by atoms with Crippen LogP contribution in [0, 0.1) is 0 Å². The lowest BCUT2D eigenvalue weighted by molar-refractivity contribution is -0.143. The van der Waals surface area contributed by atoms with Crippen LogP contribution in [0.5, 0.6) is 0 Å². The Morgan fingerprint density at radius 2 is 2.00 bits per heavy atom. The molecule has 0 aliphatic carbocycles. The molecule has 0 radical (unpaired) electrons. The summed E-state index contributed by atoms with van der Waals surface area (Å²) in [4.78, 5) is 33.9. The SMILES string of the molecule is CCOC(=O)CCNC(=O)C(=O)C(N)CCSC.Cl. The summed E-state index contributed by atoms with van der Waals surface area (Å²) in [6.45, 7) is 2.08. The number of ether oxygens (including phenoxy) is 1. The largest absolute Gasteiger partial charge is 0.466 e. The molecule has 0 heterocycles. The second-order valence-corrected chi connectivity index (χ2v) is 4.55. The number of nitrogens with one attached hydrogen (secondary N) is 1. The van der Waals surface area contributed by atoms with E-state index in [-0.39, 0.29) is 25.4 Å². The zero-order chi connectivity index (χ0) is 14.0. The maximum atomic E-state index is 11.5. The number of nitrogens with two attached hydrogens (primary N) is 1. The second kappa shape index (κ2) is 12.3. The van der Waals surface area contributed by atoms with Gasteiger partial charge in [0.25, 0.3) is 5.91 Å². The monoisotopic (exact) mass is 312 g/mol. The fourth-order valence-corrected chi connectivity index (χ4v) is 1.63. The molecule has 0 saturated heterocycles. The van der Waals surface area contributed by atoms with Crippen LogP contribution in [-0.4, -0.2) is 48.9 Å². The van der Waals surface area contributed by atoms with Gasteiger partial charge in [0.2, 0.25) is 5.78 Å². The molecule has 19 heavy (non-hydrogen) atoms. The minimum atomic E-state index is -0.778. The first-order valence-electron chi connectivity index (χ1n) is 5.75. The Kier molecular flexibility index (Phi) is 13.2. The molecule has 3 N–H and O–H groups in total. The molecule has 0 aromatic heterocycles. The highest BCUT2D eigenvalue weighted by Gasteiger charge is 2.21. The molecule has 0 fully saturated rings. The Morgan fingerprint density at radius 1 is 1.37 bits per heavy atom. The predicted molar refractivity (Wildman–Crippen MR) is 77.5 cm³/mol. The van der Waals surface area contributed by atoms with Crippen molar-refractivity contribution in [3.63, 3.8) is 0 Å². The summed E-state index contributed by atoms with van der Waals surface area (Å²) in [6.07, 6.45) is 2.41. The van der Waals surface area contributed by atoms with E-state index >= 15 is 0 Å². The predicted octanol–water partition coefficient (Wildman–Crippen LogP) is 0.127. The van der Waals surface area contributed by atoms with Gasteiger partial charge < -0.3 is 15.8 Å². The van der Waals surface area contributed by atoms with Gasteiger partial charge in [-0.15, -0.1) is 12.4 Å². The van der Waals surface area contributed by atoms with Gasteiger partial charge in [0.15, 0.2) is 0 Å². The molecule has 1 amide bonds. The molecule has 112 valence electrons. The third-order valence-electron chi connectivity index (χ3n) is 2.11. The van der Waals surface area contributed by atoms with Crippen LogP contribution in [0.25, 0.3) is 0 Å². The summed E-state index contributed by atoms with van der Waals surface area (Å²) in [5, 5.41) is 2.35. The summed E-state index contributed by atoms with van der Waals surface area (Å²) in [5.41, 5.74) is 5.57. The average molecular weight is 313 g/mol. The lowest BCUT2D eigenvalue weighted by atomic mass is 10.1. The number of carbonyl (C=O) groups excluding carboxylic acids is 3. The summed E-state index contributed by atoms with van der Waals surface area (Å²) in [6, 6.07) is -0.778. The van der Waals surface area contributed by atoms with E-state index in [0.29, 0.717) is 13.0 Å². The number of ketones is 1. The van der Waals surface area contributed by atoms with Crippen LogP contribution in [0.2, 0.25) is 0 Å². The van der Waals surface area contributed by atoms with Crippen molar-refractivity contribution in [3.05, 3.63) is 0 Å². The first kappa shape index (κ1) is 20.5. The molecule has 0 rings (SSSR count). The second-order valence-electron chi connectivity index (χ2n) is 3.56. The first-order chi connectivity index (χ1) is 8.52. The molecule has 6 nitrogen and oxygen atoms in total. The minimum absolute atomic E-state index is 0. The number of esters is 1. The number of halogens is 1. The van der Waals surface area contributed by atoms with E-state index < -0.39 is 23.7 Å². The molecule has 8 heteroatoms. The molecule has 1 atom stereocenters. The Balaban J connectivity index is 0. The highest BCUT2D eigenvalue weighted by Crippen LogP contribution is 1.99. The zero-order valence-corrected chi connectivity index (χ0v) is 12.8. The summed E-state index contributed by atoms with van der Waals surface area (Å²) < 4.78 is 4.68. The molecular weight excluding hydrogens is 292 g/mol. The van der Waals surface area contributed by atoms with Crippen molar-refractivity contribution in [1.29, 1.82) is 0 Å². The molecule has 0 bridgehead atoms. The van der Waals surface area contributed by atoms with Crippen LogP contribution in [0.15, 0.2) is 0 Å². The quantitative estimate of drug-likeness (QED) is 0.464. The van der Waals surface area contributed by atoms with E-state index in [1.54, 1.807) is 18.7 Å². The van der Waals surface area contributed by atoms with Gasteiger partial charge in [0.05, 0.1) is 19.1 Å². The maximum absolute atomic E-state index is 11.5. The summed E-state index contributed by atoms with van der Waals surface area (Å²) in [7, 11) is 0. The Labute approximate surface area is 123 Å². The van der Waals surface area contributed by atoms with Crippen molar-refractivity contribution in [1.82, 2.24) is 5.32 Å². The van der Waals surface area contributed by atoms with Crippen molar-refractivity contribution < 1.29 is 19.1 Å². The fraction of sp³-hybridized carbons (Fsp3) is 0.727. The van der Waals surface area contributed by atoms with Gasteiger partial charge in [0.1, 0.15) is 0 Å². The fourth-order valence-electron chi connectivity index (χ4n) is 1.14. The number of Topliss-reactive ketones (excluding diaryl/α,β-unsaturated/α-hetero) is 1. The molecule has 0 saturated carbocycles. The lowest BCUT2D eigenvalue weighted by Crippen LogP contribution is -2.43. The van der Waals surface area contributed by atoms with Crippen LogP contribution in [0.1, 0.15) is 19.8 Å². The normalized spacial score (nSPS) is 11.1. The molecular formula is C11H21ClN2O4S. The Bertz CT molecular complexity index is 302. The lowest BCUT2D eigenvalue weighted by Gasteiger charge is -2.09. The van der Waals surface area contributed by atoms with Crippen molar-refractivity contribution in [2.75, 3.05) is 25.2 Å². The van der Waals surface area contributed by atoms with E-state index in [9.17, 15) is 14.4 Å². The van der Waals surface area contributed by atoms with E-state index in [1.807, 2.05) is 6.26 Å². The zero-order valence-electron chi connectivity index (χ0n) is 11.1. The van der Waals surface area contributed by atoms with Gasteiger partial charge in [-0.05, 0) is 25.4 Å². The smallest absolute Gasteiger partial charge is 0.307 e. The maximum Gasteiger partial charge on any atom is 0.307 e. The van der Waals surface area contributed by atoms with Crippen LogP contribution in [-0.2, 0) is 19.1 Å². The van der Waals surface area contributed by atoms with E-state index in [4.69, 9.17) is 5.73 Å². The van der Waals surface area contributed by atoms with Gasteiger partial charge in [-0.1, -0.05) is 0 Å². The van der Waals surface area contributed by atoms with E-state index in [2.05, 4.69) is 10.1 Å². The molecule has 0 aliphatic rings. The van der Waals surface area contributed by atoms with Crippen molar-refractivity contribution >= 4 is 41.8 Å². The Morgan fingerprint density at radius 3 is 2.53 bits per heavy atom. The molecule has 0 spiro atoms. The number of amides is 1. The first-order valence-corrected chi connectivity index (χ1v) is 7.14. The topological polar surface area (TPSA) is 98.5 Å². The van der Waals surface area contributed by atoms with Gasteiger partial charge in [-0.3, -0.25) is 14.4 Å². The molecule has 0 aromatic carbocycles. The third kappa shape index (κ3) is 9.75. The number of thioether (sulfide) groups is 1. The van der Waals surface area contributed by atoms with Crippen LogP contribution in [0.4, 0.5) is 0 Å². The number of carbonyl (C=O) groups is 3. The average Bonchev–Trinajstić information content (AvgIpc) is 2.35. The van der Waals surface area contributed by atoms with Crippen molar-refractivity contribution in [2.45, 2.75) is 25.8 Å². The van der Waals surface area contributed by atoms with Crippen LogP contribution in [0.3, 0.4) is 0 Å². The highest BCUT2D eigenvalue weighted by atomic mass is 35.5. The van der Waals surface area contributed by atoms with Gasteiger partial charge >= 0.3 is 5.97 Å². The molecule has 0 aliphatic heterocycles. The number of rotatable bonds is 9. The summed E-state index contributed by atoms with van der Waals surface area (Å²) in [5.74, 6) is -1.07. The molecule has 0 aromatic rings. The van der Waals surface area contributed by atoms with Gasteiger partial charge in [0, 0.05) is 6.54 Å².